The number of hydrogen-bond donors (Lipinski definition) is 0. The SMILES string of the molecule is CCC(O[Si]c1cccc2ccccc12)OC(C)OC. The molecule has 0 aliphatic heterocycles. The van der Waals surface area contributed by atoms with Crippen molar-refractivity contribution in [1.82, 2.24) is 0 Å². The lowest BCUT2D eigenvalue weighted by Gasteiger charge is -2.20. The highest BCUT2D eigenvalue weighted by molar-refractivity contribution is 6.51. The van der Waals surface area contributed by atoms with Crippen molar-refractivity contribution in [2.45, 2.75) is 32.8 Å². The van der Waals surface area contributed by atoms with E-state index in [2.05, 4.69) is 36.4 Å². The van der Waals surface area contributed by atoms with Crippen LogP contribution in [0.4, 0.5) is 0 Å². The number of benzene rings is 2. The molecule has 2 atom stereocenters. The Morgan fingerprint density at radius 1 is 1.10 bits per heavy atom. The first-order chi connectivity index (χ1) is 9.74. The Balaban J connectivity index is 2.04. The summed E-state index contributed by atoms with van der Waals surface area (Å²) in [5, 5.41) is 3.68. The second-order valence-electron chi connectivity index (χ2n) is 4.52. The van der Waals surface area contributed by atoms with Gasteiger partial charge in [-0.25, -0.2) is 0 Å². The van der Waals surface area contributed by atoms with Crippen molar-refractivity contribution in [3.05, 3.63) is 42.5 Å². The van der Waals surface area contributed by atoms with Crippen LogP contribution in [0.15, 0.2) is 42.5 Å². The molecule has 2 radical (unpaired) electrons. The minimum Gasteiger partial charge on any atom is -0.387 e. The largest absolute Gasteiger partial charge is 0.387 e. The summed E-state index contributed by atoms with van der Waals surface area (Å²) in [7, 11) is 1.90. The van der Waals surface area contributed by atoms with Gasteiger partial charge >= 0.3 is 0 Å². The lowest BCUT2D eigenvalue weighted by Crippen LogP contribution is -2.29. The molecule has 106 valence electrons. The van der Waals surface area contributed by atoms with Crippen LogP contribution in [0.3, 0.4) is 0 Å². The fourth-order valence-electron chi connectivity index (χ4n) is 1.92. The molecule has 0 bridgehead atoms. The van der Waals surface area contributed by atoms with Crippen LogP contribution in [0.1, 0.15) is 20.3 Å². The predicted octanol–water partition coefficient (Wildman–Crippen LogP) is 2.85. The highest BCUT2D eigenvalue weighted by Crippen LogP contribution is 2.11. The molecule has 2 unspecified atom stereocenters. The maximum Gasteiger partial charge on any atom is 0.273 e. The normalized spacial score (nSPS) is 14.3. The highest BCUT2D eigenvalue weighted by atomic mass is 28.2. The van der Waals surface area contributed by atoms with Crippen LogP contribution < -0.4 is 5.19 Å². The van der Waals surface area contributed by atoms with Crippen molar-refractivity contribution < 1.29 is 13.9 Å². The average Bonchev–Trinajstić information content (AvgIpc) is 2.51. The summed E-state index contributed by atoms with van der Waals surface area (Å²) < 4.78 is 16.6. The van der Waals surface area contributed by atoms with Crippen LogP contribution in [0, 0.1) is 0 Å². The number of hydrogen-bond acceptors (Lipinski definition) is 3. The molecule has 0 saturated heterocycles. The summed E-state index contributed by atoms with van der Waals surface area (Å²) in [4.78, 5) is 0. The summed E-state index contributed by atoms with van der Waals surface area (Å²) in [6.45, 7) is 3.91. The van der Waals surface area contributed by atoms with Gasteiger partial charge in [0.1, 0.15) is 0 Å². The standard InChI is InChI=1S/C16H20O3Si/c1-4-16(18-12(2)17-3)19-20-15-11-7-9-13-8-5-6-10-14(13)15/h5-12,16H,4H2,1-3H3. The third-order valence-electron chi connectivity index (χ3n) is 3.10. The van der Waals surface area contributed by atoms with Gasteiger partial charge in [-0.1, -0.05) is 49.4 Å². The molecular weight excluding hydrogens is 268 g/mol. The van der Waals surface area contributed by atoms with Gasteiger partial charge in [0.15, 0.2) is 12.6 Å². The van der Waals surface area contributed by atoms with E-state index >= 15 is 0 Å². The lowest BCUT2D eigenvalue weighted by atomic mass is 10.1. The quantitative estimate of drug-likeness (QED) is 0.579. The maximum absolute atomic E-state index is 5.88. The average molecular weight is 288 g/mol. The molecule has 0 aromatic heterocycles. The number of methoxy groups -OCH3 is 1. The Bertz CT molecular complexity index is 539. The smallest absolute Gasteiger partial charge is 0.273 e. The van der Waals surface area contributed by atoms with Crippen LogP contribution >= 0.6 is 0 Å². The Labute approximate surface area is 122 Å². The Hall–Kier alpha value is -1.20. The molecule has 0 spiro atoms. The third-order valence-corrected chi connectivity index (χ3v) is 4.14. The van der Waals surface area contributed by atoms with Crippen LogP contribution in [0.25, 0.3) is 10.8 Å². The van der Waals surface area contributed by atoms with Gasteiger partial charge in [-0.15, -0.1) is 0 Å². The van der Waals surface area contributed by atoms with E-state index in [0.717, 1.165) is 6.42 Å². The van der Waals surface area contributed by atoms with Crippen LogP contribution in [0.5, 0.6) is 0 Å². The first-order valence-corrected chi connectivity index (χ1v) is 7.73. The van der Waals surface area contributed by atoms with Crippen molar-refractivity contribution in [2.24, 2.45) is 0 Å². The zero-order chi connectivity index (χ0) is 14.4. The molecule has 2 rings (SSSR count). The van der Waals surface area contributed by atoms with E-state index in [1.54, 1.807) is 7.11 Å². The van der Waals surface area contributed by atoms with Gasteiger partial charge in [0, 0.05) is 7.11 Å². The Kier molecular flexibility index (Phi) is 5.73. The lowest BCUT2D eigenvalue weighted by molar-refractivity contribution is -0.200. The summed E-state index contributed by atoms with van der Waals surface area (Å²) in [5.41, 5.74) is 0. The molecule has 3 nitrogen and oxygen atoms in total. The van der Waals surface area contributed by atoms with E-state index in [0.29, 0.717) is 0 Å². The molecular formula is C16H20O3Si. The molecule has 0 N–H and O–H groups in total. The summed E-state index contributed by atoms with van der Waals surface area (Å²) in [6.07, 6.45) is 0.311. The first-order valence-electron chi connectivity index (χ1n) is 6.82. The fourth-order valence-corrected chi connectivity index (χ4v) is 2.90. The topological polar surface area (TPSA) is 27.7 Å². The van der Waals surface area contributed by atoms with E-state index < -0.39 is 0 Å². The van der Waals surface area contributed by atoms with Crippen molar-refractivity contribution in [2.75, 3.05) is 7.11 Å². The van der Waals surface area contributed by atoms with Gasteiger partial charge in [-0.3, -0.25) is 0 Å². The van der Waals surface area contributed by atoms with Gasteiger partial charge in [-0.05, 0) is 29.3 Å². The fraction of sp³-hybridized carbons (Fsp3) is 0.375. The first kappa shape index (κ1) is 15.2. The van der Waals surface area contributed by atoms with E-state index in [-0.39, 0.29) is 22.3 Å². The van der Waals surface area contributed by atoms with Crippen molar-refractivity contribution >= 4 is 25.7 Å². The van der Waals surface area contributed by atoms with E-state index in [9.17, 15) is 0 Å². The second kappa shape index (κ2) is 7.55. The van der Waals surface area contributed by atoms with Crippen LogP contribution in [-0.2, 0) is 13.9 Å². The summed E-state index contributed by atoms with van der Waals surface area (Å²) >= 11 is 0. The second-order valence-corrected chi connectivity index (χ2v) is 5.50. The highest BCUT2D eigenvalue weighted by Gasteiger charge is 2.13. The molecule has 0 saturated carbocycles. The number of rotatable bonds is 7. The summed E-state index contributed by atoms with van der Waals surface area (Å²) in [5.74, 6) is 0. The van der Waals surface area contributed by atoms with Gasteiger partial charge in [0.05, 0.1) is 0 Å². The number of ether oxygens (including phenoxy) is 2. The molecule has 0 heterocycles. The van der Waals surface area contributed by atoms with Gasteiger partial charge in [-0.2, -0.15) is 0 Å². The van der Waals surface area contributed by atoms with Crippen molar-refractivity contribution in [1.29, 1.82) is 0 Å². The minimum absolute atomic E-state index is 0.234. The minimum atomic E-state index is -0.253. The maximum atomic E-state index is 5.88. The Morgan fingerprint density at radius 2 is 1.85 bits per heavy atom. The van der Waals surface area contributed by atoms with Crippen LogP contribution in [0.2, 0.25) is 0 Å². The molecule has 0 aliphatic rings. The van der Waals surface area contributed by atoms with E-state index in [1.807, 2.05) is 19.9 Å². The van der Waals surface area contributed by atoms with E-state index in [4.69, 9.17) is 13.9 Å². The molecule has 0 amide bonds. The third kappa shape index (κ3) is 3.90. The van der Waals surface area contributed by atoms with Crippen LogP contribution in [-0.4, -0.2) is 29.5 Å². The van der Waals surface area contributed by atoms with Gasteiger partial charge < -0.3 is 13.9 Å². The Morgan fingerprint density at radius 3 is 2.60 bits per heavy atom. The van der Waals surface area contributed by atoms with Crippen molar-refractivity contribution in [3.8, 4) is 0 Å². The monoisotopic (exact) mass is 288 g/mol. The van der Waals surface area contributed by atoms with Crippen molar-refractivity contribution in [3.63, 3.8) is 0 Å². The predicted molar refractivity (Wildman–Crippen MR) is 82.1 cm³/mol. The zero-order valence-corrected chi connectivity index (χ0v) is 13.1. The summed E-state index contributed by atoms with van der Waals surface area (Å²) in [6, 6.07) is 14.6. The van der Waals surface area contributed by atoms with Gasteiger partial charge in [0.25, 0.3) is 9.76 Å². The molecule has 0 aliphatic carbocycles. The molecule has 4 heteroatoms. The zero-order valence-electron chi connectivity index (χ0n) is 12.1. The van der Waals surface area contributed by atoms with E-state index in [1.165, 1.54) is 16.0 Å². The molecule has 2 aromatic rings. The molecule has 0 fully saturated rings. The number of fused-ring (bicyclic) bond motifs is 1. The molecule has 20 heavy (non-hydrogen) atoms. The molecule has 2 aromatic carbocycles. The van der Waals surface area contributed by atoms with Gasteiger partial charge in [0.2, 0.25) is 0 Å².